The number of aromatic hydroxyl groups is 1. The number of rotatable bonds is 5. The fourth-order valence-electron chi connectivity index (χ4n) is 11.3. The standard InChI is InChI=1S/C50H38ClN5O7S/c1-24-33-20-28(51)10-17-40(33)64-44(24)37-22-41(54(3)53-37)56-47(59)35-21-34-31(43(50(35,2)49(56)61)27-18-26-19-30(57)13-16-38(26)62-23-27)14-15-32-42(34)48(60)55(46(32)58)29-11-8-25(9-12-29)45-52-36-6-4-5-7-39(36)63-45/h4-14,16-17,19-20,22-23,32,34-35,42-43,57H,15,18,21H2,1-3H3. The molecule has 4 aromatic carbocycles. The number of thiophene rings is 1. The number of phenols is 1. The van der Waals surface area contributed by atoms with E-state index in [9.17, 15) is 14.7 Å². The molecule has 4 amide bonds. The summed E-state index contributed by atoms with van der Waals surface area (Å²) in [6, 6.07) is 27.0. The number of nitrogens with zero attached hydrogens (tertiary/aromatic N) is 5. The van der Waals surface area contributed by atoms with Crippen LogP contribution < -0.4 is 14.5 Å². The molecule has 14 heteroatoms. The Morgan fingerprint density at radius 1 is 0.906 bits per heavy atom. The predicted octanol–water partition coefficient (Wildman–Crippen LogP) is 9.56. The van der Waals surface area contributed by atoms with Crippen LogP contribution in [0.4, 0.5) is 11.5 Å². The maximum Gasteiger partial charge on any atom is 0.242 e. The lowest BCUT2D eigenvalue weighted by molar-refractivity contribution is -0.132. The van der Waals surface area contributed by atoms with Crippen LogP contribution in [0, 0.1) is 41.9 Å². The number of hydrogen-bond acceptors (Lipinski definition) is 10. The second-order valence-electron chi connectivity index (χ2n) is 17.7. The number of hydrogen-bond donors (Lipinski definition) is 1. The number of carbonyl (C=O) groups excluding carboxylic acids is 4. The molecule has 2 saturated heterocycles. The Morgan fingerprint density at radius 2 is 1.72 bits per heavy atom. The summed E-state index contributed by atoms with van der Waals surface area (Å²) in [6.45, 7) is 3.87. The molecule has 2 aliphatic carbocycles. The maximum atomic E-state index is 15.4. The molecule has 0 spiro atoms. The molecule has 3 aromatic heterocycles. The van der Waals surface area contributed by atoms with E-state index >= 15 is 9.59 Å². The highest BCUT2D eigenvalue weighted by Gasteiger charge is 2.68. The fraction of sp³-hybridized carbons (Fsp3) is 0.240. The average Bonchev–Trinajstić information content (AvgIpc) is 4.08. The highest BCUT2D eigenvalue weighted by molar-refractivity contribution is 7.22. The minimum absolute atomic E-state index is 0.0771. The number of carbonyl (C=O) groups is 4. The van der Waals surface area contributed by atoms with E-state index in [1.807, 2.05) is 62.4 Å². The zero-order valence-corrected chi connectivity index (χ0v) is 36.3. The number of phenolic OH excluding ortho intramolecular Hbond substituents is 1. The van der Waals surface area contributed by atoms with Gasteiger partial charge in [0, 0.05) is 46.3 Å². The molecule has 12 rings (SSSR count). The number of halogens is 1. The molecule has 1 saturated carbocycles. The first-order valence-corrected chi connectivity index (χ1v) is 22.4. The first kappa shape index (κ1) is 38.8. The Bertz CT molecular complexity index is 3260. The zero-order valence-electron chi connectivity index (χ0n) is 34.7. The summed E-state index contributed by atoms with van der Waals surface area (Å²) in [5, 5.41) is 17.0. The lowest BCUT2D eigenvalue weighted by Gasteiger charge is -2.49. The van der Waals surface area contributed by atoms with Gasteiger partial charge < -0.3 is 14.3 Å². The van der Waals surface area contributed by atoms with E-state index in [0.29, 0.717) is 51.4 Å². The summed E-state index contributed by atoms with van der Waals surface area (Å²) < 4.78 is 14.8. The number of amides is 4. The summed E-state index contributed by atoms with van der Waals surface area (Å²) in [7, 11) is 1.73. The van der Waals surface area contributed by atoms with Gasteiger partial charge in [-0.05, 0) is 122 Å². The van der Waals surface area contributed by atoms with Crippen LogP contribution in [-0.2, 0) is 32.6 Å². The third-order valence-electron chi connectivity index (χ3n) is 14.3. The van der Waals surface area contributed by atoms with Gasteiger partial charge in [-0.15, -0.1) is 11.3 Å². The van der Waals surface area contributed by atoms with E-state index in [2.05, 4.69) is 4.98 Å². The molecule has 0 bridgehead atoms. The molecule has 3 fully saturated rings. The van der Waals surface area contributed by atoms with Crippen molar-refractivity contribution in [2.24, 2.45) is 42.1 Å². The number of aromatic nitrogens is 3. The van der Waals surface area contributed by atoms with Crippen LogP contribution in [0.25, 0.3) is 43.2 Å². The first-order valence-electron chi connectivity index (χ1n) is 21.2. The minimum Gasteiger partial charge on any atom is -0.508 e. The summed E-state index contributed by atoms with van der Waals surface area (Å²) in [4.78, 5) is 67.8. The molecule has 6 unspecified atom stereocenters. The number of allylic oxidation sites excluding steroid dienone is 3. The zero-order chi connectivity index (χ0) is 43.9. The van der Waals surface area contributed by atoms with Gasteiger partial charge in [0.1, 0.15) is 28.5 Å². The van der Waals surface area contributed by atoms with E-state index < -0.39 is 35.0 Å². The SMILES string of the molecule is Cc1c(-c2cc(N3C(=O)C4CC5C(=CCC6C(=O)N(c7ccc(-c8nc9ccccc9o8)cc7)C(=O)C65)C(C5=COc6ccc(O)cc6C5)C4(C)C3=O)n(C)n2)sc2ccc(Cl)cc12. The molecular formula is C50H38ClN5O7S. The lowest BCUT2D eigenvalue weighted by Crippen LogP contribution is -2.51. The summed E-state index contributed by atoms with van der Waals surface area (Å²) >= 11 is 7.93. The van der Waals surface area contributed by atoms with Crippen molar-refractivity contribution in [3.63, 3.8) is 0 Å². The highest BCUT2D eigenvalue weighted by Crippen LogP contribution is 2.63. The van der Waals surface area contributed by atoms with Gasteiger partial charge in [-0.25, -0.2) is 9.88 Å². The number of imide groups is 2. The Balaban J connectivity index is 0.921. The van der Waals surface area contributed by atoms with E-state index in [-0.39, 0.29) is 42.2 Å². The van der Waals surface area contributed by atoms with Crippen LogP contribution in [0.15, 0.2) is 119 Å². The Labute approximate surface area is 375 Å². The molecule has 12 nitrogen and oxygen atoms in total. The van der Waals surface area contributed by atoms with E-state index in [1.165, 1.54) is 9.80 Å². The van der Waals surface area contributed by atoms with Gasteiger partial charge in [0.15, 0.2) is 5.58 Å². The second kappa shape index (κ2) is 13.8. The Morgan fingerprint density at radius 3 is 2.53 bits per heavy atom. The number of anilines is 2. The number of ether oxygens (including phenoxy) is 1. The van der Waals surface area contributed by atoms with Gasteiger partial charge in [0.05, 0.1) is 40.0 Å². The highest BCUT2D eigenvalue weighted by atomic mass is 35.5. The molecular weight excluding hydrogens is 850 g/mol. The van der Waals surface area contributed by atoms with Gasteiger partial charge in [0.2, 0.25) is 29.5 Å². The Kier molecular flexibility index (Phi) is 8.39. The van der Waals surface area contributed by atoms with Crippen LogP contribution in [0.1, 0.15) is 30.9 Å². The fourth-order valence-corrected chi connectivity index (χ4v) is 12.6. The van der Waals surface area contributed by atoms with Crippen molar-refractivity contribution in [2.45, 2.75) is 33.1 Å². The molecule has 64 heavy (non-hydrogen) atoms. The summed E-state index contributed by atoms with van der Waals surface area (Å²) in [6.07, 6.45) is 4.51. The van der Waals surface area contributed by atoms with Crippen molar-refractivity contribution in [3.05, 3.63) is 131 Å². The predicted molar refractivity (Wildman–Crippen MR) is 242 cm³/mol. The van der Waals surface area contributed by atoms with Crippen molar-refractivity contribution in [3.8, 4) is 33.5 Å². The summed E-state index contributed by atoms with van der Waals surface area (Å²) in [5.74, 6) is -3.42. The number of benzene rings is 4. The van der Waals surface area contributed by atoms with E-state index in [0.717, 1.165) is 42.8 Å². The number of aryl methyl sites for hydroxylation is 2. The molecule has 6 atom stereocenters. The second-order valence-corrected chi connectivity index (χ2v) is 19.2. The third kappa shape index (κ3) is 5.46. The van der Waals surface area contributed by atoms with Crippen LogP contribution in [-0.4, -0.2) is 43.5 Å². The van der Waals surface area contributed by atoms with E-state index in [4.69, 9.17) is 25.9 Å². The van der Waals surface area contributed by atoms with Gasteiger partial charge in [-0.3, -0.25) is 28.8 Å². The molecule has 7 aromatic rings. The number of para-hydroxylation sites is 2. The van der Waals surface area contributed by atoms with Crippen LogP contribution >= 0.6 is 22.9 Å². The van der Waals surface area contributed by atoms with Crippen LogP contribution in [0.2, 0.25) is 5.02 Å². The van der Waals surface area contributed by atoms with Crippen molar-refractivity contribution in [1.29, 1.82) is 0 Å². The normalized spacial score (nSPS) is 25.0. The third-order valence-corrected chi connectivity index (χ3v) is 15.8. The van der Waals surface area contributed by atoms with E-state index in [1.54, 1.807) is 77.9 Å². The monoisotopic (exact) mass is 887 g/mol. The van der Waals surface area contributed by atoms with Crippen molar-refractivity contribution in [1.82, 2.24) is 14.8 Å². The summed E-state index contributed by atoms with van der Waals surface area (Å²) in [5.41, 5.74) is 5.17. The Hall–Kier alpha value is -6.83. The molecule has 5 aliphatic rings. The molecule has 3 aliphatic heterocycles. The molecule has 6 heterocycles. The van der Waals surface area contributed by atoms with Gasteiger partial charge in [-0.1, -0.05) is 35.4 Å². The maximum absolute atomic E-state index is 15.4. The number of oxazole rings is 1. The van der Waals surface area contributed by atoms with Crippen LogP contribution in [0.5, 0.6) is 11.5 Å². The molecule has 1 N–H and O–H groups in total. The van der Waals surface area contributed by atoms with Gasteiger partial charge in [0.25, 0.3) is 0 Å². The number of fused-ring (bicyclic) bond motifs is 7. The smallest absolute Gasteiger partial charge is 0.242 e. The van der Waals surface area contributed by atoms with Crippen molar-refractivity contribution in [2.75, 3.05) is 9.80 Å². The molecule has 0 radical (unpaired) electrons. The van der Waals surface area contributed by atoms with Crippen molar-refractivity contribution >= 4 is 79.3 Å². The van der Waals surface area contributed by atoms with Gasteiger partial charge >= 0.3 is 0 Å². The van der Waals surface area contributed by atoms with Crippen LogP contribution in [0.3, 0.4) is 0 Å². The minimum atomic E-state index is -1.30. The quantitative estimate of drug-likeness (QED) is 0.132. The lowest BCUT2D eigenvalue weighted by atomic mass is 9.51. The van der Waals surface area contributed by atoms with Gasteiger partial charge in [-0.2, -0.15) is 5.10 Å². The van der Waals surface area contributed by atoms with Crippen molar-refractivity contribution < 1.29 is 33.4 Å². The largest absolute Gasteiger partial charge is 0.508 e. The molecule has 318 valence electrons. The average molecular weight is 888 g/mol. The topological polar surface area (TPSA) is 148 Å². The first-order chi connectivity index (χ1) is 30.9.